The van der Waals surface area contributed by atoms with E-state index in [2.05, 4.69) is 26.2 Å². The van der Waals surface area contributed by atoms with Gasteiger partial charge < -0.3 is 14.8 Å². The Morgan fingerprint density at radius 1 is 1.06 bits per heavy atom. The molecular formula is C25H19BrN2O4. The number of carbonyl (C=O) groups is 2. The van der Waals surface area contributed by atoms with Crippen molar-refractivity contribution in [3.8, 4) is 5.75 Å². The highest BCUT2D eigenvalue weighted by Crippen LogP contribution is 2.26. The summed E-state index contributed by atoms with van der Waals surface area (Å²) in [6.45, 7) is 1.81. The standard InChI is InChI=1S/C25H19BrN2O4/c1-16(29)27-20-12-10-17(11-13-20)24-28-22(25(30)32-24)14-18-6-3-5-9-23(18)31-15-19-7-2-4-8-21(19)26/h2-14H,15H2,1H3,(H,27,29)/b22-14-. The number of anilines is 1. The van der Waals surface area contributed by atoms with E-state index in [-0.39, 0.29) is 17.5 Å². The summed E-state index contributed by atoms with van der Waals surface area (Å²) in [7, 11) is 0. The lowest BCUT2D eigenvalue weighted by Crippen LogP contribution is -2.07. The molecule has 0 fully saturated rings. The number of hydrogen-bond acceptors (Lipinski definition) is 5. The number of nitrogens with zero attached hydrogens (tertiary/aromatic N) is 1. The molecule has 1 N–H and O–H groups in total. The van der Waals surface area contributed by atoms with E-state index in [4.69, 9.17) is 9.47 Å². The molecule has 0 radical (unpaired) electrons. The molecular weight excluding hydrogens is 472 g/mol. The average molecular weight is 491 g/mol. The van der Waals surface area contributed by atoms with E-state index in [1.54, 1.807) is 30.3 Å². The molecule has 3 aromatic rings. The molecule has 0 unspecified atom stereocenters. The fourth-order valence-corrected chi connectivity index (χ4v) is 3.48. The van der Waals surface area contributed by atoms with Crippen molar-refractivity contribution in [2.75, 3.05) is 5.32 Å². The Morgan fingerprint density at radius 2 is 1.78 bits per heavy atom. The smallest absolute Gasteiger partial charge is 0.363 e. The number of aliphatic imine (C=N–C) groups is 1. The van der Waals surface area contributed by atoms with Gasteiger partial charge in [-0.15, -0.1) is 0 Å². The monoisotopic (exact) mass is 490 g/mol. The zero-order valence-electron chi connectivity index (χ0n) is 17.2. The summed E-state index contributed by atoms with van der Waals surface area (Å²) in [5, 5.41) is 2.69. The van der Waals surface area contributed by atoms with E-state index in [0.717, 1.165) is 15.6 Å². The van der Waals surface area contributed by atoms with Gasteiger partial charge in [0.2, 0.25) is 11.8 Å². The average Bonchev–Trinajstić information content (AvgIpc) is 3.14. The van der Waals surface area contributed by atoms with Crippen LogP contribution >= 0.6 is 15.9 Å². The summed E-state index contributed by atoms with van der Waals surface area (Å²) in [6, 6.07) is 22.2. The Hall–Kier alpha value is -3.71. The Morgan fingerprint density at radius 3 is 2.53 bits per heavy atom. The number of hydrogen-bond donors (Lipinski definition) is 1. The number of benzene rings is 3. The minimum atomic E-state index is -0.536. The molecule has 1 aliphatic heterocycles. The predicted octanol–water partition coefficient (Wildman–Crippen LogP) is 5.33. The van der Waals surface area contributed by atoms with Crippen LogP contribution in [-0.4, -0.2) is 17.8 Å². The van der Waals surface area contributed by atoms with Crippen molar-refractivity contribution in [1.82, 2.24) is 0 Å². The molecule has 32 heavy (non-hydrogen) atoms. The lowest BCUT2D eigenvalue weighted by atomic mass is 10.1. The number of nitrogens with one attached hydrogen (secondary N) is 1. The van der Waals surface area contributed by atoms with Crippen molar-refractivity contribution < 1.29 is 19.1 Å². The summed E-state index contributed by atoms with van der Waals surface area (Å²) >= 11 is 3.52. The molecule has 0 saturated carbocycles. The number of esters is 1. The zero-order chi connectivity index (χ0) is 22.5. The first-order chi connectivity index (χ1) is 15.5. The Labute approximate surface area is 193 Å². The fourth-order valence-electron chi connectivity index (χ4n) is 3.08. The molecule has 1 heterocycles. The second kappa shape index (κ2) is 9.62. The normalized spacial score (nSPS) is 14.1. The van der Waals surface area contributed by atoms with Gasteiger partial charge in [0.1, 0.15) is 12.4 Å². The molecule has 4 rings (SSSR count). The van der Waals surface area contributed by atoms with Gasteiger partial charge in [0.05, 0.1) is 0 Å². The van der Waals surface area contributed by atoms with Gasteiger partial charge in [-0.1, -0.05) is 52.3 Å². The second-order valence-corrected chi connectivity index (χ2v) is 7.87. The van der Waals surface area contributed by atoms with Gasteiger partial charge in [0, 0.05) is 33.8 Å². The molecule has 0 aromatic heterocycles. The second-order valence-electron chi connectivity index (χ2n) is 7.01. The maximum absolute atomic E-state index is 12.4. The molecule has 0 atom stereocenters. The first-order valence-electron chi connectivity index (χ1n) is 9.85. The molecule has 1 aliphatic rings. The Balaban J connectivity index is 1.55. The maximum Gasteiger partial charge on any atom is 0.363 e. The molecule has 6 nitrogen and oxygen atoms in total. The van der Waals surface area contributed by atoms with Crippen molar-refractivity contribution in [2.24, 2.45) is 4.99 Å². The topological polar surface area (TPSA) is 77.0 Å². The summed E-state index contributed by atoms with van der Waals surface area (Å²) in [6.07, 6.45) is 1.65. The van der Waals surface area contributed by atoms with Gasteiger partial charge in [-0.3, -0.25) is 4.79 Å². The van der Waals surface area contributed by atoms with E-state index in [1.807, 2.05) is 48.5 Å². The molecule has 7 heteroatoms. The fraction of sp³-hybridized carbons (Fsp3) is 0.0800. The van der Waals surface area contributed by atoms with Crippen molar-refractivity contribution in [1.29, 1.82) is 0 Å². The molecule has 0 spiro atoms. The van der Waals surface area contributed by atoms with Crippen LogP contribution in [0.15, 0.2) is 88.0 Å². The quantitative estimate of drug-likeness (QED) is 0.374. The maximum atomic E-state index is 12.4. The van der Waals surface area contributed by atoms with Crippen LogP contribution in [0.25, 0.3) is 6.08 Å². The van der Waals surface area contributed by atoms with Crippen LogP contribution in [0.5, 0.6) is 5.75 Å². The Bertz CT molecular complexity index is 1230. The number of ether oxygens (including phenoxy) is 2. The number of carbonyl (C=O) groups excluding carboxylic acids is 2. The van der Waals surface area contributed by atoms with Crippen LogP contribution in [0.4, 0.5) is 5.69 Å². The predicted molar refractivity (Wildman–Crippen MR) is 126 cm³/mol. The molecule has 1 amide bonds. The van der Waals surface area contributed by atoms with E-state index < -0.39 is 5.97 Å². The SMILES string of the molecule is CC(=O)Nc1ccc(C2=N/C(=C\c3ccccc3OCc3ccccc3Br)C(=O)O2)cc1. The molecule has 160 valence electrons. The minimum Gasteiger partial charge on any atom is -0.488 e. The zero-order valence-corrected chi connectivity index (χ0v) is 18.8. The third-order valence-corrected chi connectivity index (χ3v) is 5.40. The van der Waals surface area contributed by atoms with E-state index in [1.165, 1.54) is 6.92 Å². The van der Waals surface area contributed by atoms with E-state index in [9.17, 15) is 9.59 Å². The van der Waals surface area contributed by atoms with E-state index in [0.29, 0.717) is 23.6 Å². The van der Waals surface area contributed by atoms with E-state index >= 15 is 0 Å². The molecule has 3 aromatic carbocycles. The van der Waals surface area contributed by atoms with Crippen molar-refractivity contribution in [3.63, 3.8) is 0 Å². The Kier molecular flexibility index (Phi) is 6.47. The van der Waals surface area contributed by atoms with Crippen LogP contribution in [0, 0.1) is 0 Å². The summed E-state index contributed by atoms with van der Waals surface area (Å²) < 4.78 is 12.3. The van der Waals surface area contributed by atoms with Gasteiger partial charge in [-0.2, -0.15) is 0 Å². The molecule has 0 bridgehead atoms. The van der Waals surface area contributed by atoms with Crippen molar-refractivity contribution in [2.45, 2.75) is 13.5 Å². The van der Waals surface area contributed by atoms with Crippen molar-refractivity contribution >= 4 is 45.5 Å². The lowest BCUT2D eigenvalue weighted by molar-refractivity contribution is -0.129. The first kappa shape index (κ1) is 21.5. The van der Waals surface area contributed by atoms with Crippen LogP contribution < -0.4 is 10.1 Å². The summed E-state index contributed by atoms with van der Waals surface area (Å²) in [5.41, 5.74) is 3.20. The molecule has 0 saturated heterocycles. The first-order valence-corrected chi connectivity index (χ1v) is 10.6. The van der Waals surface area contributed by atoms with Gasteiger partial charge in [-0.05, 0) is 42.5 Å². The van der Waals surface area contributed by atoms with Crippen molar-refractivity contribution in [3.05, 3.63) is 99.7 Å². The number of cyclic esters (lactones) is 1. The largest absolute Gasteiger partial charge is 0.488 e. The van der Waals surface area contributed by atoms with Crippen LogP contribution in [0.2, 0.25) is 0 Å². The minimum absolute atomic E-state index is 0.159. The van der Waals surface area contributed by atoms with Gasteiger partial charge in [0.15, 0.2) is 5.70 Å². The van der Waals surface area contributed by atoms with Crippen LogP contribution in [-0.2, 0) is 20.9 Å². The number of amides is 1. The molecule has 0 aliphatic carbocycles. The van der Waals surface area contributed by atoms with Crippen LogP contribution in [0.1, 0.15) is 23.6 Å². The third-order valence-electron chi connectivity index (χ3n) is 4.62. The van der Waals surface area contributed by atoms with Crippen LogP contribution in [0.3, 0.4) is 0 Å². The highest BCUT2D eigenvalue weighted by molar-refractivity contribution is 9.10. The summed E-state index contributed by atoms with van der Waals surface area (Å²) in [5.74, 6) is 0.147. The highest BCUT2D eigenvalue weighted by atomic mass is 79.9. The van der Waals surface area contributed by atoms with Gasteiger partial charge >= 0.3 is 5.97 Å². The van der Waals surface area contributed by atoms with Gasteiger partial charge in [-0.25, -0.2) is 9.79 Å². The highest BCUT2D eigenvalue weighted by Gasteiger charge is 2.24. The summed E-state index contributed by atoms with van der Waals surface area (Å²) in [4.78, 5) is 27.9. The number of rotatable bonds is 6. The lowest BCUT2D eigenvalue weighted by Gasteiger charge is -2.10. The number of para-hydroxylation sites is 1. The number of halogens is 1. The third kappa shape index (κ3) is 5.12. The van der Waals surface area contributed by atoms with Gasteiger partial charge in [0.25, 0.3) is 0 Å².